The lowest BCUT2D eigenvalue weighted by atomic mass is 10.0. The summed E-state index contributed by atoms with van der Waals surface area (Å²) in [5.74, 6) is 1.61. The molecular weight excluding hydrogens is 388 g/mol. The molecule has 0 aliphatic rings. The summed E-state index contributed by atoms with van der Waals surface area (Å²) in [7, 11) is 5.68. The number of anilines is 1. The van der Waals surface area contributed by atoms with E-state index >= 15 is 0 Å². The number of para-hydroxylation sites is 1. The molecule has 0 saturated carbocycles. The Morgan fingerprint density at radius 2 is 1.81 bits per heavy atom. The molecule has 0 bridgehead atoms. The average Bonchev–Trinajstić information content (AvgIpc) is 3.22. The standard InChI is InChI=1S/C25H24N4O2/c1-29(2)22(20-12-6-7-14-23(20)30-3)16-27-25-21(15-26)28-24(31-25)19-13-8-10-17-9-4-5-11-18(17)19/h4-14,22,27H,16H2,1-3H3/t22-/m1/s1. The van der Waals surface area contributed by atoms with Crippen LogP contribution in [0.5, 0.6) is 5.75 Å². The summed E-state index contributed by atoms with van der Waals surface area (Å²) >= 11 is 0. The van der Waals surface area contributed by atoms with Crippen molar-refractivity contribution in [2.75, 3.05) is 33.1 Å². The molecule has 3 aromatic carbocycles. The molecule has 0 amide bonds. The van der Waals surface area contributed by atoms with Crippen LogP contribution in [-0.4, -0.2) is 37.6 Å². The zero-order chi connectivity index (χ0) is 21.8. The SMILES string of the molecule is COc1ccccc1[C@@H](CNc1oc(-c2cccc3ccccc23)nc1C#N)N(C)C. The summed E-state index contributed by atoms with van der Waals surface area (Å²) in [5, 5.41) is 15.0. The molecule has 31 heavy (non-hydrogen) atoms. The number of oxazole rings is 1. The van der Waals surface area contributed by atoms with Crippen LogP contribution in [0.3, 0.4) is 0 Å². The van der Waals surface area contributed by atoms with Crippen molar-refractivity contribution in [3.05, 3.63) is 78.0 Å². The predicted octanol–water partition coefficient (Wildman–Crippen LogP) is 5.09. The van der Waals surface area contributed by atoms with Gasteiger partial charge in [-0.2, -0.15) is 10.2 Å². The van der Waals surface area contributed by atoms with E-state index < -0.39 is 0 Å². The van der Waals surface area contributed by atoms with Crippen LogP contribution in [0, 0.1) is 11.3 Å². The molecule has 0 radical (unpaired) electrons. The van der Waals surface area contributed by atoms with Gasteiger partial charge in [-0.05, 0) is 37.0 Å². The van der Waals surface area contributed by atoms with Crippen molar-refractivity contribution >= 4 is 16.7 Å². The van der Waals surface area contributed by atoms with Crippen molar-refractivity contribution in [2.45, 2.75) is 6.04 Å². The van der Waals surface area contributed by atoms with Gasteiger partial charge in [0.2, 0.25) is 17.5 Å². The Morgan fingerprint density at radius 1 is 1.06 bits per heavy atom. The first kappa shape index (κ1) is 20.5. The molecule has 6 heteroatoms. The zero-order valence-electron chi connectivity index (χ0n) is 17.8. The second-order valence-corrected chi connectivity index (χ2v) is 7.44. The lowest BCUT2D eigenvalue weighted by molar-refractivity contribution is 0.299. The molecule has 0 unspecified atom stereocenters. The summed E-state index contributed by atoms with van der Waals surface area (Å²) in [4.78, 5) is 6.55. The van der Waals surface area contributed by atoms with Crippen LogP contribution in [0.25, 0.3) is 22.2 Å². The highest BCUT2D eigenvalue weighted by molar-refractivity contribution is 5.94. The number of hydrogen-bond donors (Lipinski definition) is 1. The van der Waals surface area contributed by atoms with Gasteiger partial charge in [-0.1, -0.05) is 54.6 Å². The molecule has 1 N–H and O–H groups in total. The summed E-state index contributed by atoms with van der Waals surface area (Å²) in [6.07, 6.45) is 0. The van der Waals surface area contributed by atoms with Crippen LogP contribution < -0.4 is 10.1 Å². The Kier molecular flexibility index (Phi) is 5.87. The Hall–Kier alpha value is -3.82. The van der Waals surface area contributed by atoms with E-state index in [1.807, 2.05) is 80.8 Å². The molecular formula is C25H24N4O2. The molecule has 0 aliphatic heterocycles. The second kappa shape index (κ2) is 8.90. The van der Waals surface area contributed by atoms with Gasteiger partial charge in [0.25, 0.3) is 0 Å². The minimum Gasteiger partial charge on any atom is -0.496 e. The van der Waals surface area contributed by atoms with E-state index in [2.05, 4.69) is 21.3 Å². The highest BCUT2D eigenvalue weighted by Crippen LogP contribution is 2.32. The van der Waals surface area contributed by atoms with Crippen LogP contribution in [0.2, 0.25) is 0 Å². The lowest BCUT2D eigenvalue weighted by Crippen LogP contribution is -2.27. The third kappa shape index (κ3) is 4.09. The monoisotopic (exact) mass is 412 g/mol. The number of nitrogens with zero attached hydrogens (tertiary/aromatic N) is 3. The van der Waals surface area contributed by atoms with Crippen LogP contribution in [-0.2, 0) is 0 Å². The van der Waals surface area contributed by atoms with Crippen molar-refractivity contribution in [2.24, 2.45) is 0 Å². The van der Waals surface area contributed by atoms with Gasteiger partial charge >= 0.3 is 0 Å². The van der Waals surface area contributed by atoms with Gasteiger partial charge < -0.3 is 19.4 Å². The highest BCUT2D eigenvalue weighted by Gasteiger charge is 2.21. The lowest BCUT2D eigenvalue weighted by Gasteiger charge is -2.26. The molecule has 0 saturated heterocycles. The van der Waals surface area contributed by atoms with Crippen LogP contribution >= 0.6 is 0 Å². The maximum Gasteiger partial charge on any atom is 0.232 e. The number of nitriles is 1. The fraction of sp³-hybridized carbons (Fsp3) is 0.200. The quantitative estimate of drug-likeness (QED) is 0.456. The number of ether oxygens (including phenoxy) is 1. The first-order chi connectivity index (χ1) is 15.1. The fourth-order valence-corrected chi connectivity index (χ4v) is 3.74. The largest absolute Gasteiger partial charge is 0.496 e. The Labute approximate surface area is 181 Å². The van der Waals surface area contributed by atoms with Crippen molar-refractivity contribution in [1.29, 1.82) is 5.26 Å². The zero-order valence-corrected chi connectivity index (χ0v) is 17.8. The van der Waals surface area contributed by atoms with E-state index in [0.717, 1.165) is 27.6 Å². The smallest absolute Gasteiger partial charge is 0.232 e. The van der Waals surface area contributed by atoms with Crippen molar-refractivity contribution < 1.29 is 9.15 Å². The summed E-state index contributed by atoms with van der Waals surface area (Å²) in [6, 6.07) is 24.1. The molecule has 1 atom stereocenters. The number of nitrogens with one attached hydrogen (secondary N) is 1. The number of likely N-dealkylation sites (N-methyl/N-ethyl adjacent to an activating group) is 1. The number of aromatic nitrogens is 1. The molecule has 0 aliphatic carbocycles. The summed E-state index contributed by atoms with van der Waals surface area (Å²) in [5.41, 5.74) is 2.15. The van der Waals surface area contributed by atoms with E-state index in [1.165, 1.54) is 0 Å². The Bertz CT molecular complexity index is 1230. The van der Waals surface area contributed by atoms with Crippen LogP contribution in [0.4, 0.5) is 5.88 Å². The normalized spacial score (nSPS) is 12.0. The van der Waals surface area contributed by atoms with Gasteiger partial charge in [0.15, 0.2) is 0 Å². The third-order valence-electron chi connectivity index (χ3n) is 5.33. The number of fused-ring (bicyclic) bond motifs is 1. The molecule has 1 heterocycles. The Morgan fingerprint density at radius 3 is 2.58 bits per heavy atom. The topological polar surface area (TPSA) is 74.3 Å². The highest BCUT2D eigenvalue weighted by atomic mass is 16.5. The van der Waals surface area contributed by atoms with Crippen molar-refractivity contribution in [3.8, 4) is 23.3 Å². The Balaban J connectivity index is 1.65. The second-order valence-electron chi connectivity index (χ2n) is 7.44. The summed E-state index contributed by atoms with van der Waals surface area (Å²) < 4.78 is 11.6. The van der Waals surface area contributed by atoms with Crippen molar-refractivity contribution in [3.63, 3.8) is 0 Å². The van der Waals surface area contributed by atoms with E-state index in [0.29, 0.717) is 18.3 Å². The third-order valence-corrected chi connectivity index (χ3v) is 5.33. The van der Waals surface area contributed by atoms with Gasteiger partial charge in [-0.3, -0.25) is 0 Å². The predicted molar refractivity (Wildman–Crippen MR) is 122 cm³/mol. The van der Waals surface area contributed by atoms with Crippen LogP contribution in [0.15, 0.2) is 71.1 Å². The van der Waals surface area contributed by atoms with Crippen molar-refractivity contribution in [1.82, 2.24) is 9.88 Å². The average molecular weight is 412 g/mol. The van der Waals surface area contributed by atoms with E-state index in [-0.39, 0.29) is 11.7 Å². The fourth-order valence-electron chi connectivity index (χ4n) is 3.74. The van der Waals surface area contributed by atoms with Gasteiger partial charge in [-0.15, -0.1) is 0 Å². The maximum atomic E-state index is 9.62. The molecule has 156 valence electrons. The maximum absolute atomic E-state index is 9.62. The van der Waals surface area contributed by atoms with Gasteiger partial charge in [0.1, 0.15) is 11.8 Å². The number of rotatable bonds is 7. The molecule has 6 nitrogen and oxygen atoms in total. The molecule has 1 aromatic heterocycles. The minimum atomic E-state index is 0.00815. The molecule has 4 aromatic rings. The molecule has 0 fully saturated rings. The van der Waals surface area contributed by atoms with E-state index in [1.54, 1.807) is 7.11 Å². The van der Waals surface area contributed by atoms with E-state index in [9.17, 15) is 5.26 Å². The molecule has 0 spiro atoms. The first-order valence-electron chi connectivity index (χ1n) is 10.0. The number of methoxy groups -OCH3 is 1. The van der Waals surface area contributed by atoms with Gasteiger partial charge in [0.05, 0.1) is 13.2 Å². The minimum absolute atomic E-state index is 0.00815. The summed E-state index contributed by atoms with van der Waals surface area (Å²) in [6.45, 7) is 0.520. The van der Waals surface area contributed by atoms with Gasteiger partial charge in [-0.25, -0.2) is 0 Å². The number of hydrogen-bond acceptors (Lipinski definition) is 6. The molecule has 4 rings (SSSR count). The van der Waals surface area contributed by atoms with Gasteiger partial charge in [0, 0.05) is 17.7 Å². The van der Waals surface area contributed by atoms with E-state index in [4.69, 9.17) is 9.15 Å². The first-order valence-corrected chi connectivity index (χ1v) is 10.0. The van der Waals surface area contributed by atoms with Crippen LogP contribution in [0.1, 0.15) is 17.3 Å². The number of benzene rings is 3.